The Labute approximate surface area is 106 Å². The van der Waals surface area contributed by atoms with Crippen LogP contribution in [0.3, 0.4) is 0 Å². The maximum Gasteiger partial charge on any atom is 0.135 e. The summed E-state index contributed by atoms with van der Waals surface area (Å²) < 4.78 is 0. The van der Waals surface area contributed by atoms with Crippen LogP contribution in [-0.4, -0.2) is 18.9 Å². The van der Waals surface area contributed by atoms with Crippen molar-refractivity contribution in [1.82, 2.24) is 5.32 Å². The Morgan fingerprint density at radius 3 is 2.65 bits per heavy atom. The Hall–Kier alpha value is -0.370. The lowest BCUT2D eigenvalue weighted by atomic mass is 9.73. The van der Waals surface area contributed by atoms with E-state index in [-0.39, 0.29) is 0 Å². The standard InChI is InChI=1S/C15H27NO/c1-11-3-5-14(9-12(11)2)15(17)6-4-13-7-8-16-10-13/h11-14,16H,3-10H2,1-2H3. The van der Waals surface area contributed by atoms with Crippen LogP contribution < -0.4 is 5.32 Å². The van der Waals surface area contributed by atoms with E-state index in [9.17, 15) is 4.79 Å². The number of carbonyl (C=O) groups is 1. The number of ketones is 1. The van der Waals surface area contributed by atoms with Crippen LogP contribution in [0.2, 0.25) is 0 Å². The van der Waals surface area contributed by atoms with Gasteiger partial charge in [0.05, 0.1) is 0 Å². The second-order valence-electron chi connectivity index (χ2n) is 6.33. The fourth-order valence-corrected chi connectivity index (χ4v) is 3.35. The lowest BCUT2D eigenvalue weighted by Crippen LogP contribution is -2.26. The van der Waals surface area contributed by atoms with Crippen LogP contribution in [0.15, 0.2) is 0 Å². The van der Waals surface area contributed by atoms with Crippen molar-refractivity contribution >= 4 is 5.78 Å². The molecule has 2 aliphatic rings. The van der Waals surface area contributed by atoms with Crippen LogP contribution in [0, 0.1) is 23.7 Å². The number of hydrogen-bond acceptors (Lipinski definition) is 2. The first-order chi connectivity index (χ1) is 8.16. The van der Waals surface area contributed by atoms with Crippen molar-refractivity contribution in [2.75, 3.05) is 13.1 Å². The molecule has 0 bridgehead atoms. The maximum absolute atomic E-state index is 12.2. The number of carbonyl (C=O) groups excluding carboxylic acids is 1. The Balaban J connectivity index is 1.72. The minimum absolute atomic E-state index is 0.385. The van der Waals surface area contributed by atoms with Gasteiger partial charge in [0.25, 0.3) is 0 Å². The first-order valence-electron chi connectivity index (χ1n) is 7.40. The minimum Gasteiger partial charge on any atom is -0.316 e. The molecule has 1 aliphatic heterocycles. The average Bonchev–Trinajstić information content (AvgIpc) is 2.82. The summed E-state index contributed by atoms with van der Waals surface area (Å²) in [4.78, 5) is 12.2. The van der Waals surface area contributed by atoms with Gasteiger partial charge in [-0.3, -0.25) is 4.79 Å². The first-order valence-corrected chi connectivity index (χ1v) is 7.40. The number of nitrogens with one attached hydrogen (secondary N) is 1. The fourth-order valence-electron chi connectivity index (χ4n) is 3.35. The van der Waals surface area contributed by atoms with Crippen molar-refractivity contribution in [3.05, 3.63) is 0 Å². The molecular formula is C15H27NO. The highest BCUT2D eigenvalue weighted by atomic mass is 16.1. The predicted octanol–water partition coefficient (Wildman–Crippen LogP) is 3.02. The van der Waals surface area contributed by atoms with E-state index < -0.39 is 0 Å². The van der Waals surface area contributed by atoms with Gasteiger partial charge >= 0.3 is 0 Å². The molecule has 0 radical (unpaired) electrons. The molecule has 1 saturated carbocycles. The second kappa shape index (κ2) is 5.99. The summed E-state index contributed by atoms with van der Waals surface area (Å²) in [5.74, 6) is 3.26. The molecule has 17 heavy (non-hydrogen) atoms. The molecule has 0 aromatic rings. The molecule has 0 aromatic carbocycles. The normalized spacial score (nSPS) is 38.2. The van der Waals surface area contributed by atoms with E-state index in [4.69, 9.17) is 0 Å². The van der Waals surface area contributed by atoms with Gasteiger partial charge in [-0.05, 0) is 62.9 Å². The van der Waals surface area contributed by atoms with Crippen LogP contribution >= 0.6 is 0 Å². The highest BCUT2D eigenvalue weighted by Gasteiger charge is 2.29. The molecular weight excluding hydrogens is 210 g/mol. The molecule has 2 heteroatoms. The second-order valence-corrected chi connectivity index (χ2v) is 6.33. The van der Waals surface area contributed by atoms with E-state index in [0.29, 0.717) is 11.7 Å². The van der Waals surface area contributed by atoms with Crippen molar-refractivity contribution in [1.29, 1.82) is 0 Å². The number of Topliss-reactive ketones (excluding diaryl/α,β-unsaturated/α-hetero) is 1. The molecule has 1 heterocycles. The van der Waals surface area contributed by atoms with Crippen LogP contribution in [0.5, 0.6) is 0 Å². The quantitative estimate of drug-likeness (QED) is 0.814. The van der Waals surface area contributed by atoms with Gasteiger partial charge in [-0.15, -0.1) is 0 Å². The highest BCUT2D eigenvalue weighted by Crippen LogP contribution is 2.34. The summed E-state index contributed by atoms with van der Waals surface area (Å²) in [5.41, 5.74) is 0. The molecule has 1 aliphatic carbocycles. The Bertz CT molecular complexity index is 258. The maximum atomic E-state index is 12.2. The van der Waals surface area contributed by atoms with Crippen LogP contribution in [0.1, 0.15) is 52.4 Å². The van der Waals surface area contributed by atoms with Crippen molar-refractivity contribution < 1.29 is 4.79 Å². The van der Waals surface area contributed by atoms with Crippen LogP contribution in [-0.2, 0) is 4.79 Å². The highest BCUT2D eigenvalue weighted by molar-refractivity contribution is 5.81. The number of hydrogen-bond donors (Lipinski definition) is 1. The molecule has 2 nitrogen and oxygen atoms in total. The Morgan fingerprint density at radius 2 is 2.00 bits per heavy atom. The summed E-state index contributed by atoms with van der Waals surface area (Å²) in [6.07, 6.45) is 6.76. The lowest BCUT2D eigenvalue weighted by molar-refractivity contribution is -0.124. The zero-order chi connectivity index (χ0) is 12.3. The van der Waals surface area contributed by atoms with Gasteiger partial charge in [-0.25, -0.2) is 0 Å². The van der Waals surface area contributed by atoms with Gasteiger partial charge in [0, 0.05) is 12.3 Å². The van der Waals surface area contributed by atoms with Gasteiger partial charge in [-0.2, -0.15) is 0 Å². The van der Waals surface area contributed by atoms with E-state index in [1.54, 1.807) is 0 Å². The average molecular weight is 237 g/mol. The molecule has 2 fully saturated rings. The monoisotopic (exact) mass is 237 g/mol. The predicted molar refractivity (Wildman–Crippen MR) is 70.9 cm³/mol. The zero-order valence-electron chi connectivity index (χ0n) is 11.4. The molecule has 98 valence electrons. The topological polar surface area (TPSA) is 29.1 Å². The lowest BCUT2D eigenvalue weighted by Gasteiger charge is -2.31. The SMILES string of the molecule is CC1CCC(C(=O)CCC2CCNC2)CC1C. The first kappa shape index (κ1) is 13.1. The third-order valence-electron chi connectivity index (χ3n) is 5.01. The minimum atomic E-state index is 0.385. The molecule has 0 aromatic heterocycles. The van der Waals surface area contributed by atoms with Crippen molar-refractivity contribution in [3.8, 4) is 0 Å². The molecule has 0 spiro atoms. The van der Waals surface area contributed by atoms with Gasteiger partial charge in [0.1, 0.15) is 5.78 Å². The molecule has 0 amide bonds. The summed E-state index contributed by atoms with van der Waals surface area (Å²) in [5, 5.41) is 3.38. The van der Waals surface area contributed by atoms with E-state index >= 15 is 0 Å². The Kier molecular flexibility index (Phi) is 4.61. The molecule has 1 saturated heterocycles. The summed E-state index contributed by atoms with van der Waals surface area (Å²) in [6, 6.07) is 0. The third-order valence-corrected chi connectivity index (χ3v) is 5.01. The zero-order valence-corrected chi connectivity index (χ0v) is 11.4. The van der Waals surface area contributed by atoms with E-state index in [2.05, 4.69) is 19.2 Å². The van der Waals surface area contributed by atoms with Gasteiger partial charge in [0.2, 0.25) is 0 Å². The van der Waals surface area contributed by atoms with E-state index in [0.717, 1.165) is 56.5 Å². The van der Waals surface area contributed by atoms with Crippen molar-refractivity contribution in [3.63, 3.8) is 0 Å². The third kappa shape index (κ3) is 3.54. The van der Waals surface area contributed by atoms with Crippen LogP contribution in [0.4, 0.5) is 0 Å². The summed E-state index contributed by atoms with van der Waals surface area (Å²) >= 11 is 0. The van der Waals surface area contributed by atoms with Gasteiger partial charge < -0.3 is 5.32 Å². The summed E-state index contributed by atoms with van der Waals surface area (Å²) in [6.45, 7) is 6.92. The molecule has 1 N–H and O–H groups in total. The van der Waals surface area contributed by atoms with Gasteiger partial charge in [0.15, 0.2) is 0 Å². The smallest absolute Gasteiger partial charge is 0.135 e. The molecule has 4 unspecified atom stereocenters. The summed E-state index contributed by atoms with van der Waals surface area (Å²) in [7, 11) is 0. The Morgan fingerprint density at radius 1 is 1.18 bits per heavy atom. The number of rotatable bonds is 4. The van der Waals surface area contributed by atoms with Gasteiger partial charge in [-0.1, -0.05) is 13.8 Å². The van der Waals surface area contributed by atoms with Crippen molar-refractivity contribution in [2.45, 2.75) is 52.4 Å². The van der Waals surface area contributed by atoms with E-state index in [1.165, 1.54) is 12.8 Å². The molecule has 2 rings (SSSR count). The van der Waals surface area contributed by atoms with Crippen LogP contribution in [0.25, 0.3) is 0 Å². The largest absolute Gasteiger partial charge is 0.316 e. The van der Waals surface area contributed by atoms with E-state index in [1.807, 2.05) is 0 Å². The fraction of sp³-hybridized carbons (Fsp3) is 0.933. The van der Waals surface area contributed by atoms with Crippen molar-refractivity contribution in [2.24, 2.45) is 23.7 Å². The molecule has 4 atom stereocenters.